The van der Waals surface area contributed by atoms with E-state index in [1.165, 1.54) is 11.3 Å². The standard InChI is InChI=1S/C16H18N2O4S/c1-3-22-13(19)9-18-7-6-17-16(20)15-14(18)11-8-10(21-2)4-5-12(11)23-15/h4-5,8H,3,6-7,9H2,1-2H3,(H,17,20). The molecule has 1 aliphatic rings. The van der Waals surface area contributed by atoms with Crippen LogP contribution in [-0.2, 0) is 9.53 Å². The van der Waals surface area contributed by atoms with E-state index in [2.05, 4.69) is 5.32 Å². The quantitative estimate of drug-likeness (QED) is 0.867. The van der Waals surface area contributed by atoms with Crippen molar-refractivity contribution in [3.63, 3.8) is 0 Å². The maximum atomic E-state index is 12.3. The van der Waals surface area contributed by atoms with Crippen molar-refractivity contribution < 1.29 is 19.1 Å². The highest BCUT2D eigenvalue weighted by Crippen LogP contribution is 2.40. The lowest BCUT2D eigenvalue weighted by Gasteiger charge is -2.22. The summed E-state index contributed by atoms with van der Waals surface area (Å²) in [6.45, 7) is 3.29. The Kier molecular flexibility index (Phi) is 4.38. The number of carbonyl (C=O) groups is 2. The maximum absolute atomic E-state index is 12.3. The zero-order valence-corrected chi connectivity index (χ0v) is 13.9. The van der Waals surface area contributed by atoms with Crippen molar-refractivity contribution in [1.29, 1.82) is 0 Å². The fraction of sp³-hybridized carbons (Fsp3) is 0.375. The number of hydrogen-bond acceptors (Lipinski definition) is 6. The fourth-order valence-electron chi connectivity index (χ4n) is 2.68. The number of benzene rings is 1. The van der Waals surface area contributed by atoms with Crippen LogP contribution in [0.2, 0.25) is 0 Å². The van der Waals surface area contributed by atoms with Crippen LogP contribution in [0.15, 0.2) is 18.2 Å². The van der Waals surface area contributed by atoms with Crippen LogP contribution in [0.3, 0.4) is 0 Å². The average Bonchev–Trinajstić information content (AvgIpc) is 2.85. The minimum Gasteiger partial charge on any atom is -0.497 e. The number of anilines is 1. The summed E-state index contributed by atoms with van der Waals surface area (Å²) in [6.07, 6.45) is 0. The van der Waals surface area contributed by atoms with Crippen molar-refractivity contribution >= 4 is 39.0 Å². The Morgan fingerprint density at radius 1 is 1.43 bits per heavy atom. The van der Waals surface area contributed by atoms with Gasteiger partial charge in [0.05, 0.1) is 19.4 Å². The molecule has 1 amide bonds. The number of thiophene rings is 1. The molecule has 1 aliphatic heterocycles. The molecule has 0 fully saturated rings. The fourth-order valence-corrected chi connectivity index (χ4v) is 3.80. The van der Waals surface area contributed by atoms with Gasteiger partial charge in [-0.1, -0.05) is 0 Å². The number of amides is 1. The first-order chi connectivity index (χ1) is 11.1. The molecule has 122 valence electrons. The Balaban J connectivity index is 2.09. The molecular formula is C16H18N2O4S. The van der Waals surface area contributed by atoms with E-state index in [0.717, 1.165) is 21.5 Å². The third-order valence-corrected chi connectivity index (χ3v) is 4.84. The smallest absolute Gasteiger partial charge is 0.325 e. The van der Waals surface area contributed by atoms with Crippen LogP contribution in [0.25, 0.3) is 10.1 Å². The van der Waals surface area contributed by atoms with Gasteiger partial charge in [-0.2, -0.15) is 0 Å². The molecule has 6 nitrogen and oxygen atoms in total. The van der Waals surface area contributed by atoms with E-state index in [0.29, 0.717) is 24.6 Å². The SMILES string of the molecule is CCOC(=O)CN1CCNC(=O)c2sc3ccc(OC)cc3c21. The molecule has 7 heteroatoms. The van der Waals surface area contributed by atoms with Crippen molar-refractivity contribution in [3.05, 3.63) is 23.1 Å². The number of rotatable bonds is 4. The van der Waals surface area contributed by atoms with Gasteiger partial charge in [0.25, 0.3) is 5.91 Å². The molecule has 1 N–H and O–H groups in total. The van der Waals surface area contributed by atoms with E-state index >= 15 is 0 Å². The van der Waals surface area contributed by atoms with Gasteiger partial charge in [-0.25, -0.2) is 0 Å². The van der Waals surface area contributed by atoms with Crippen molar-refractivity contribution in [3.8, 4) is 5.75 Å². The van der Waals surface area contributed by atoms with Crippen LogP contribution in [0.4, 0.5) is 5.69 Å². The minimum atomic E-state index is -0.296. The summed E-state index contributed by atoms with van der Waals surface area (Å²) in [5.74, 6) is 0.320. The van der Waals surface area contributed by atoms with Gasteiger partial charge in [-0.05, 0) is 25.1 Å². The molecule has 0 atom stereocenters. The van der Waals surface area contributed by atoms with Gasteiger partial charge in [-0.3, -0.25) is 9.59 Å². The van der Waals surface area contributed by atoms with Crippen LogP contribution < -0.4 is 15.0 Å². The molecule has 0 saturated heterocycles. The van der Waals surface area contributed by atoms with E-state index in [1.807, 2.05) is 23.1 Å². The second-order valence-electron chi connectivity index (χ2n) is 5.12. The first-order valence-corrected chi connectivity index (χ1v) is 8.25. The van der Waals surface area contributed by atoms with Crippen molar-refractivity contribution in [2.75, 3.05) is 38.3 Å². The summed E-state index contributed by atoms with van der Waals surface area (Å²) < 4.78 is 11.3. The molecule has 0 radical (unpaired) electrons. The summed E-state index contributed by atoms with van der Waals surface area (Å²) in [4.78, 5) is 26.7. The number of methoxy groups -OCH3 is 1. The zero-order valence-electron chi connectivity index (χ0n) is 13.0. The minimum absolute atomic E-state index is 0.105. The Morgan fingerprint density at radius 2 is 2.26 bits per heavy atom. The first kappa shape index (κ1) is 15.6. The number of fused-ring (bicyclic) bond motifs is 3. The zero-order chi connectivity index (χ0) is 16.4. The molecular weight excluding hydrogens is 316 g/mol. The highest BCUT2D eigenvalue weighted by molar-refractivity contribution is 7.21. The van der Waals surface area contributed by atoms with Crippen LogP contribution in [0.1, 0.15) is 16.6 Å². The van der Waals surface area contributed by atoms with E-state index in [1.54, 1.807) is 14.0 Å². The lowest BCUT2D eigenvalue weighted by molar-refractivity contribution is -0.141. The van der Waals surface area contributed by atoms with E-state index < -0.39 is 0 Å². The van der Waals surface area contributed by atoms with Crippen LogP contribution in [0, 0.1) is 0 Å². The van der Waals surface area contributed by atoms with Crippen LogP contribution in [0.5, 0.6) is 5.75 Å². The summed E-state index contributed by atoms with van der Waals surface area (Å²) in [7, 11) is 1.61. The van der Waals surface area contributed by atoms with Crippen LogP contribution in [-0.4, -0.2) is 45.2 Å². The molecule has 2 heterocycles. The highest BCUT2D eigenvalue weighted by atomic mass is 32.1. The number of carbonyl (C=O) groups excluding carboxylic acids is 2. The summed E-state index contributed by atoms with van der Waals surface area (Å²) in [6, 6.07) is 5.70. The molecule has 1 aromatic carbocycles. The molecule has 0 bridgehead atoms. The normalized spacial score (nSPS) is 14.2. The molecule has 1 aromatic heterocycles. The molecule has 2 aromatic rings. The number of nitrogens with zero attached hydrogens (tertiary/aromatic N) is 1. The molecule has 23 heavy (non-hydrogen) atoms. The lowest BCUT2D eigenvalue weighted by atomic mass is 10.2. The van der Waals surface area contributed by atoms with Gasteiger partial charge in [0.2, 0.25) is 0 Å². The largest absolute Gasteiger partial charge is 0.497 e. The number of hydrogen-bond donors (Lipinski definition) is 1. The first-order valence-electron chi connectivity index (χ1n) is 7.43. The summed E-state index contributed by atoms with van der Waals surface area (Å²) >= 11 is 1.42. The van der Waals surface area contributed by atoms with E-state index in [-0.39, 0.29) is 18.4 Å². The van der Waals surface area contributed by atoms with Gasteiger partial charge in [0.15, 0.2) is 0 Å². The van der Waals surface area contributed by atoms with Gasteiger partial charge in [-0.15, -0.1) is 11.3 Å². The summed E-state index contributed by atoms with van der Waals surface area (Å²) in [5.41, 5.74) is 0.784. The second kappa shape index (κ2) is 6.45. The molecule has 0 spiro atoms. The predicted molar refractivity (Wildman–Crippen MR) is 89.6 cm³/mol. The topological polar surface area (TPSA) is 67.9 Å². The Labute approximate surface area is 138 Å². The third kappa shape index (κ3) is 2.96. The second-order valence-corrected chi connectivity index (χ2v) is 6.18. The Morgan fingerprint density at radius 3 is 3.00 bits per heavy atom. The molecule has 3 rings (SSSR count). The third-order valence-electron chi connectivity index (χ3n) is 3.68. The predicted octanol–water partition coefficient (Wildman–Crippen LogP) is 2.02. The number of esters is 1. The van der Waals surface area contributed by atoms with Gasteiger partial charge < -0.3 is 19.7 Å². The summed E-state index contributed by atoms with van der Waals surface area (Å²) in [5, 5.41) is 3.79. The van der Waals surface area contributed by atoms with Crippen molar-refractivity contribution in [2.24, 2.45) is 0 Å². The van der Waals surface area contributed by atoms with E-state index in [4.69, 9.17) is 9.47 Å². The highest BCUT2D eigenvalue weighted by Gasteiger charge is 2.27. The average molecular weight is 334 g/mol. The van der Waals surface area contributed by atoms with Crippen molar-refractivity contribution in [1.82, 2.24) is 5.32 Å². The number of nitrogens with one attached hydrogen (secondary N) is 1. The maximum Gasteiger partial charge on any atom is 0.325 e. The van der Waals surface area contributed by atoms with Gasteiger partial charge >= 0.3 is 5.97 Å². The Bertz CT molecular complexity index is 756. The van der Waals surface area contributed by atoms with Crippen LogP contribution >= 0.6 is 11.3 Å². The number of ether oxygens (including phenoxy) is 2. The van der Waals surface area contributed by atoms with Crippen molar-refractivity contribution in [2.45, 2.75) is 6.92 Å². The lowest BCUT2D eigenvalue weighted by Crippen LogP contribution is -2.34. The molecule has 0 unspecified atom stereocenters. The van der Waals surface area contributed by atoms with Gasteiger partial charge in [0, 0.05) is 23.2 Å². The monoisotopic (exact) mass is 334 g/mol. The Hall–Kier alpha value is -2.28. The van der Waals surface area contributed by atoms with Gasteiger partial charge in [0.1, 0.15) is 17.2 Å². The molecule has 0 saturated carbocycles. The van der Waals surface area contributed by atoms with E-state index in [9.17, 15) is 9.59 Å². The molecule has 0 aliphatic carbocycles.